The number of hydrogen-bond acceptors (Lipinski definition) is 2. The molecule has 0 aliphatic carbocycles. The smallest absolute Gasteiger partial charge is 0.224 e. The van der Waals surface area contributed by atoms with Crippen LogP contribution >= 0.6 is 34.8 Å². The predicted octanol–water partition coefficient (Wildman–Crippen LogP) is 4.86. The first-order valence-corrected chi connectivity index (χ1v) is 6.01. The number of ether oxygens (including phenoxy) is 1. The molecule has 0 spiro atoms. The maximum Gasteiger partial charge on any atom is 0.224 e. The van der Waals surface area contributed by atoms with Crippen molar-refractivity contribution < 1.29 is 9.13 Å². The Labute approximate surface area is 118 Å². The first kappa shape index (κ1) is 13.4. The van der Waals surface area contributed by atoms with Gasteiger partial charge < -0.3 is 4.74 Å². The second kappa shape index (κ2) is 5.31. The summed E-state index contributed by atoms with van der Waals surface area (Å²) in [6, 6.07) is 6.15. The fourth-order valence-corrected chi connectivity index (χ4v) is 2.05. The van der Waals surface area contributed by atoms with Crippen LogP contribution in [-0.4, -0.2) is 12.1 Å². The van der Waals surface area contributed by atoms with Crippen LogP contribution in [0, 0.1) is 5.95 Å². The van der Waals surface area contributed by atoms with Gasteiger partial charge in [-0.25, -0.2) is 0 Å². The summed E-state index contributed by atoms with van der Waals surface area (Å²) in [6.07, 6.45) is 0. The van der Waals surface area contributed by atoms with Gasteiger partial charge >= 0.3 is 0 Å². The number of nitrogens with zero attached hydrogens (tertiary/aromatic N) is 1. The van der Waals surface area contributed by atoms with E-state index in [0.29, 0.717) is 5.56 Å². The van der Waals surface area contributed by atoms with Crippen molar-refractivity contribution in [1.29, 1.82) is 0 Å². The predicted molar refractivity (Wildman–Crippen MR) is 71.2 cm³/mol. The van der Waals surface area contributed by atoms with Gasteiger partial charge in [-0.2, -0.15) is 9.37 Å². The molecule has 0 unspecified atom stereocenters. The van der Waals surface area contributed by atoms with E-state index in [2.05, 4.69) is 4.98 Å². The molecule has 0 radical (unpaired) electrons. The van der Waals surface area contributed by atoms with Gasteiger partial charge in [-0.15, -0.1) is 0 Å². The quantitative estimate of drug-likeness (QED) is 0.584. The molecular weight excluding hydrogens is 299 g/mol. The summed E-state index contributed by atoms with van der Waals surface area (Å²) in [6.45, 7) is 0. The highest BCUT2D eigenvalue weighted by Crippen LogP contribution is 2.35. The lowest BCUT2D eigenvalue weighted by molar-refractivity contribution is 0.388. The van der Waals surface area contributed by atoms with Gasteiger partial charge in [-0.05, 0) is 23.8 Å². The van der Waals surface area contributed by atoms with Crippen molar-refractivity contribution in [1.82, 2.24) is 4.98 Å². The number of pyridine rings is 1. The topological polar surface area (TPSA) is 22.1 Å². The second-order valence-corrected chi connectivity index (χ2v) is 4.64. The standard InChI is InChI=1S/C12H7Cl3FNO/c1-18-10-3-2-7(12(16)17-10)6-4-8(13)11(15)9(14)5-6/h2-5H,1H3. The molecule has 0 N–H and O–H groups in total. The molecule has 2 rings (SSSR count). The molecule has 0 saturated heterocycles. The first-order valence-electron chi connectivity index (χ1n) is 4.88. The number of methoxy groups -OCH3 is 1. The van der Waals surface area contributed by atoms with E-state index < -0.39 is 5.95 Å². The number of rotatable bonds is 2. The Bertz CT molecular complexity index is 581. The van der Waals surface area contributed by atoms with Crippen LogP contribution in [0.2, 0.25) is 15.1 Å². The minimum Gasteiger partial charge on any atom is -0.481 e. The lowest BCUT2D eigenvalue weighted by Gasteiger charge is -2.07. The van der Waals surface area contributed by atoms with Crippen molar-refractivity contribution in [2.45, 2.75) is 0 Å². The van der Waals surface area contributed by atoms with Crippen molar-refractivity contribution in [3.8, 4) is 17.0 Å². The van der Waals surface area contributed by atoms with Gasteiger partial charge in [0, 0.05) is 11.6 Å². The zero-order valence-corrected chi connectivity index (χ0v) is 11.4. The van der Waals surface area contributed by atoms with Crippen molar-refractivity contribution >= 4 is 34.8 Å². The zero-order chi connectivity index (χ0) is 13.3. The van der Waals surface area contributed by atoms with Crippen LogP contribution in [0.5, 0.6) is 5.88 Å². The van der Waals surface area contributed by atoms with E-state index >= 15 is 0 Å². The van der Waals surface area contributed by atoms with Crippen molar-refractivity contribution in [2.75, 3.05) is 7.11 Å². The van der Waals surface area contributed by atoms with E-state index in [1.54, 1.807) is 6.07 Å². The maximum atomic E-state index is 13.8. The lowest BCUT2D eigenvalue weighted by atomic mass is 10.1. The van der Waals surface area contributed by atoms with E-state index in [4.69, 9.17) is 39.5 Å². The molecule has 94 valence electrons. The normalized spacial score (nSPS) is 10.5. The molecule has 1 heterocycles. The van der Waals surface area contributed by atoms with E-state index in [1.165, 1.54) is 25.3 Å². The first-order chi connectivity index (χ1) is 8.52. The number of aromatic nitrogens is 1. The van der Waals surface area contributed by atoms with Gasteiger partial charge in [0.2, 0.25) is 11.8 Å². The molecule has 0 aliphatic rings. The molecule has 18 heavy (non-hydrogen) atoms. The molecular formula is C12H7Cl3FNO. The number of benzene rings is 1. The Morgan fingerprint density at radius 2 is 1.72 bits per heavy atom. The average Bonchev–Trinajstić information content (AvgIpc) is 2.35. The molecule has 2 aromatic rings. The summed E-state index contributed by atoms with van der Waals surface area (Å²) in [5, 5.41) is 0.757. The summed E-state index contributed by atoms with van der Waals surface area (Å²) >= 11 is 17.6. The van der Waals surface area contributed by atoms with E-state index in [9.17, 15) is 4.39 Å². The summed E-state index contributed by atoms with van der Waals surface area (Å²) in [5.41, 5.74) is 0.776. The molecule has 1 aromatic heterocycles. The van der Waals surface area contributed by atoms with Crippen LogP contribution in [0.3, 0.4) is 0 Å². The Kier molecular flexibility index (Phi) is 3.95. The van der Waals surface area contributed by atoms with Crippen LogP contribution in [0.25, 0.3) is 11.1 Å². The lowest BCUT2D eigenvalue weighted by Crippen LogP contribution is -1.93. The van der Waals surface area contributed by atoms with Crippen molar-refractivity contribution in [2.24, 2.45) is 0 Å². The van der Waals surface area contributed by atoms with Gasteiger partial charge in [0.1, 0.15) is 0 Å². The van der Waals surface area contributed by atoms with Gasteiger partial charge in [-0.1, -0.05) is 34.8 Å². The van der Waals surface area contributed by atoms with E-state index in [1.807, 2.05) is 0 Å². The molecule has 0 fully saturated rings. The van der Waals surface area contributed by atoms with Gasteiger partial charge in [0.05, 0.1) is 22.2 Å². The molecule has 6 heteroatoms. The van der Waals surface area contributed by atoms with Gasteiger partial charge in [0.25, 0.3) is 0 Å². The minimum atomic E-state index is -0.663. The molecule has 2 nitrogen and oxygen atoms in total. The largest absolute Gasteiger partial charge is 0.481 e. The Morgan fingerprint density at radius 1 is 1.11 bits per heavy atom. The highest BCUT2D eigenvalue weighted by Gasteiger charge is 2.12. The third kappa shape index (κ3) is 2.53. The van der Waals surface area contributed by atoms with Gasteiger partial charge in [0.15, 0.2) is 0 Å². The molecule has 0 saturated carbocycles. The SMILES string of the molecule is COc1ccc(-c2cc(Cl)c(Cl)c(Cl)c2)c(F)n1. The zero-order valence-electron chi connectivity index (χ0n) is 9.18. The molecule has 1 aromatic carbocycles. The van der Waals surface area contributed by atoms with Gasteiger partial charge in [-0.3, -0.25) is 0 Å². The molecule has 0 bridgehead atoms. The number of hydrogen-bond donors (Lipinski definition) is 0. The third-order valence-corrected chi connectivity index (χ3v) is 3.52. The second-order valence-electron chi connectivity index (χ2n) is 3.45. The van der Waals surface area contributed by atoms with E-state index in [-0.39, 0.29) is 26.5 Å². The fourth-order valence-electron chi connectivity index (χ4n) is 1.46. The van der Waals surface area contributed by atoms with Crippen LogP contribution in [0.4, 0.5) is 4.39 Å². The Balaban J connectivity index is 2.55. The monoisotopic (exact) mass is 305 g/mol. The summed E-state index contributed by atoms with van der Waals surface area (Å²) in [7, 11) is 1.41. The molecule has 0 amide bonds. The summed E-state index contributed by atoms with van der Waals surface area (Å²) < 4.78 is 18.6. The summed E-state index contributed by atoms with van der Waals surface area (Å²) in [5.74, 6) is -0.466. The Morgan fingerprint density at radius 3 is 2.22 bits per heavy atom. The van der Waals surface area contributed by atoms with E-state index in [0.717, 1.165) is 0 Å². The Hall–Kier alpha value is -1.03. The van der Waals surface area contributed by atoms with Crippen molar-refractivity contribution in [3.05, 3.63) is 45.3 Å². The molecule has 0 atom stereocenters. The third-order valence-electron chi connectivity index (χ3n) is 2.33. The fraction of sp³-hybridized carbons (Fsp3) is 0.0833. The van der Waals surface area contributed by atoms with Crippen molar-refractivity contribution in [3.63, 3.8) is 0 Å². The maximum absolute atomic E-state index is 13.8. The van der Waals surface area contributed by atoms with Crippen LogP contribution in [0.15, 0.2) is 24.3 Å². The van der Waals surface area contributed by atoms with Crippen LogP contribution in [0.1, 0.15) is 0 Å². The minimum absolute atomic E-state index is 0.197. The summed E-state index contributed by atoms with van der Waals surface area (Å²) in [4.78, 5) is 3.64. The highest BCUT2D eigenvalue weighted by atomic mass is 35.5. The number of halogens is 4. The van der Waals surface area contributed by atoms with Crippen LogP contribution < -0.4 is 4.74 Å². The average molecular weight is 307 g/mol. The highest BCUT2D eigenvalue weighted by molar-refractivity contribution is 6.48. The molecule has 0 aliphatic heterocycles. The van der Waals surface area contributed by atoms with Crippen LogP contribution in [-0.2, 0) is 0 Å².